The molecule has 53 valence electrons. The summed E-state index contributed by atoms with van der Waals surface area (Å²) in [7, 11) is 0. The third kappa shape index (κ3) is 7.06. The van der Waals surface area contributed by atoms with Crippen LogP contribution < -0.4 is 5.73 Å². The number of halogens is 3. The molecule has 0 aromatic heterocycles. The van der Waals surface area contributed by atoms with Gasteiger partial charge in [0.15, 0.2) is 0 Å². The zero-order valence-corrected chi connectivity index (χ0v) is 4.27. The lowest BCUT2D eigenvalue weighted by Crippen LogP contribution is -2.15. The minimum atomic E-state index is -4.36. The van der Waals surface area contributed by atoms with Crippen molar-refractivity contribution in [3.63, 3.8) is 0 Å². The van der Waals surface area contributed by atoms with E-state index >= 15 is 0 Å². The molecular weight excluding hydrogens is 137 g/mol. The summed E-state index contributed by atoms with van der Waals surface area (Å²) in [5.74, 6) is 0. The fourth-order valence-electron chi connectivity index (χ4n) is 0.143. The Kier molecular flexibility index (Phi) is 2.83. The van der Waals surface area contributed by atoms with Gasteiger partial charge in [0.1, 0.15) is 0 Å². The Morgan fingerprint density at radius 1 is 1.56 bits per heavy atom. The van der Waals surface area contributed by atoms with Gasteiger partial charge in [0.25, 0.3) is 0 Å². The predicted octanol–water partition coefficient (Wildman–Crippen LogP) is 0.344. The van der Waals surface area contributed by atoms with E-state index in [-0.39, 0.29) is 0 Å². The molecule has 3 nitrogen and oxygen atoms in total. The molecule has 0 saturated heterocycles. The van der Waals surface area contributed by atoms with Crippen LogP contribution in [-0.2, 0) is 4.84 Å². The second-order valence-corrected chi connectivity index (χ2v) is 1.11. The second-order valence-electron chi connectivity index (χ2n) is 1.11. The van der Waals surface area contributed by atoms with Crippen LogP contribution in [0.2, 0.25) is 0 Å². The molecule has 0 aliphatic carbocycles. The highest BCUT2D eigenvalue weighted by molar-refractivity contribution is 5.49. The minimum Gasteiger partial charge on any atom is -0.384 e. The van der Waals surface area contributed by atoms with Gasteiger partial charge in [0.2, 0.25) is 12.9 Å². The van der Waals surface area contributed by atoms with Crippen LogP contribution in [0.15, 0.2) is 5.16 Å². The molecule has 0 spiro atoms. The Hall–Kier alpha value is -0.940. The Labute approximate surface area is 49.3 Å². The van der Waals surface area contributed by atoms with Crippen molar-refractivity contribution in [2.45, 2.75) is 6.18 Å². The Morgan fingerprint density at radius 2 is 2.11 bits per heavy atom. The number of nitrogens with zero attached hydrogens (tertiary/aromatic N) is 1. The summed E-state index contributed by atoms with van der Waals surface area (Å²) < 4.78 is 33.4. The molecule has 0 heterocycles. The van der Waals surface area contributed by atoms with Crippen molar-refractivity contribution in [3.05, 3.63) is 0 Å². The van der Waals surface area contributed by atoms with Crippen molar-refractivity contribution in [3.8, 4) is 0 Å². The maximum atomic E-state index is 11.1. The van der Waals surface area contributed by atoms with E-state index in [1.165, 1.54) is 0 Å². The van der Waals surface area contributed by atoms with E-state index in [4.69, 9.17) is 0 Å². The van der Waals surface area contributed by atoms with Gasteiger partial charge in [-0.2, -0.15) is 13.2 Å². The predicted molar refractivity (Wildman–Crippen MR) is 23.6 cm³/mol. The van der Waals surface area contributed by atoms with E-state index in [1.54, 1.807) is 6.34 Å². The van der Waals surface area contributed by atoms with Crippen LogP contribution in [0.3, 0.4) is 0 Å². The maximum Gasteiger partial charge on any atom is 0.425 e. The quantitative estimate of drug-likeness (QED) is 0.261. The van der Waals surface area contributed by atoms with Crippen molar-refractivity contribution in [2.24, 2.45) is 10.9 Å². The second kappa shape index (κ2) is 3.16. The monoisotopic (exact) mass is 141 g/mol. The molecule has 0 aliphatic heterocycles. The molecule has 0 atom stereocenters. The smallest absolute Gasteiger partial charge is 0.384 e. The van der Waals surface area contributed by atoms with Gasteiger partial charge in [-0.1, -0.05) is 5.16 Å². The standard InChI is InChI=1S/C3H4F3N2O/c4-3(5,6)1-9-8-2-7/h1H2,(H2,7,8). The van der Waals surface area contributed by atoms with Gasteiger partial charge in [-0.05, 0) is 0 Å². The lowest BCUT2D eigenvalue weighted by atomic mass is 10.7. The molecule has 0 unspecified atom stereocenters. The number of rotatable bonds is 2. The van der Waals surface area contributed by atoms with Crippen LogP contribution in [0.5, 0.6) is 0 Å². The highest BCUT2D eigenvalue weighted by Crippen LogP contribution is 2.13. The van der Waals surface area contributed by atoms with E-state index in [0.717, 1.165) is 0 Å². The van der Waals surface area contributed by atoms with E-state index in [2.05, 4.69) is 15.7 Å². The van der Waals surface area contributed by atoms with Crippen molar-refractivity contribution in [1.82, 2.24) is 0 Å². The summed E-state index contributed by atoms with van der Waals surface area (Å²) in [4.78, 5) is 3.61. The topological polar surface area (TPSA) is 47.6 Å². The highest BCUT2D eigenvalue weighted by atomic mass is 19.4. The van der Waals surface area contributed by atoms with Crippen molar-refractivity contribution in [2.75, 3.05) is 6.61 Å². The first-order valence-electron chi connectivity index (χ1n) is 1.90. The molecule has 0 aromatic rings. The van der Waals surface area contributed by atoms with Crippen LogP contribution >= 0.6 is 0 Å². The summed E-state index contributed by atoms with van der Waals surface area (Å²) >= 11 is 0. The molecule has 9 heavy (non-hydrogen) atoms. The average Bonchev–Trinajstić information content (AvgIpc) is 1.63. The third-order valence-electron chi connectivity index (χ3n) is 0.345. The number of nitrogens with two attached hydrogens (primary N) is 1. The lowest BCUT2D eigenvalue weighted by molar-refractivity contribution is -0.173. The normalized spacial score (nSPS) is 12.3. The van der Waals surface area contributed by atoms with E-state index < -0.39 is 12.8 Å². The van der Waals surface area contributed by atoms with Crippen molar-refractivity contribution in [1.29, 1.82) is 0 Å². The fourth-order valence-corrected chi connectivity index (χ4v) is 0.143. The zero-order chi connectivity index (χ0) is 7.33. The average molecular weight is 141 g/mol. The molecular formula is C3H4F3N2O. The molecule has 0 aliphatic rings. The number of hydrogen-bond acceptors (Lipinski definition) is 2. The zero-order valence-electron chi connectivity index (χ0n) is 4.27. The first-order valence-corrected chi connectivity index (χ1v) is 1.90. The van der Waals surface area contributed by atoms with Crippen LogP contribution in [0.4, 0.5) is 13.2 Å². The molecule has 1 radical (unpaired) electrons. The van der Waals surface area contributed by atoms with Gasteiger partial charge in [-0.25, -0.2) is 0 Å². The molecule has 0 bridgehead atoms. The largest absolute Gasteiger partial charge is 0.425 e. The molecule has 0 amide bonds. The molecule has 6 heteroatoms. The Morgan fingerprint density at radius 3 is 2.44 bits per heavy atom. The van der Waals surface area contributed by atoms with Gasteiger partial charge in [0.05, 0.1) is 0 Å². The molecule has 0 rings (SSSR count). The lowest BCUT2D eigenvalue weighted by Gasteiger charge is -2.01. The summed E-state index contributed by atoms with van der Waals surface area (Å²) in [6, 6.07) is 0. The van der Waals surface area contributed by atoms with E-state index in [9.17, 15) is 13.2 Å². The van der Waals surface area contributed by atoms with Crippen molar-refractivity contribution < 1.29 is 18.0 Å². The number of hydrogen-bond donors (Lipinski definition) is 1. The van der Waals surface area contributed by atoms with Gasteiger partial charge >= 0.3 is 6.18 Å². The summed E-state index contributed by atoms with van der Waals surface area (Å²) in [5.41, 5.74) is 4.45. The van der Waals surface area contributed by atoms with Crippen LogP contribution in [0, 0.1) is 0 Å². The van der Waals surface area contributed by atoms with Gasteiger partial charge < -0.3 is 10.6 Å². The summed E-state index contributed by atoms with van der Waals surface area (Å²) in [6.07, 6.45) is -2.82. The van der Waals surface area contributed by atoms with Gasteiger partial charge in [-0.15, -0.1) is 0 Å². The highest BCUT2D eigenvalue weighted by Gasteiger charge is 2.28. The van der Waals surface area contributed by atoms with Gasteiger partial charge in [0, 0.05) is 0 Å². The fraction of sp³-hybridized carbons (Fsp3) is 0.667. The Balaban J connectivity index is 3.28. The molecule has 0 aromatic carbocycles. The minimum absolute atomic E-state index is 1.43. The Bertz CT molecular complexity index is 99.7. The SMILES string of the molecule is N/[C]=N/OCC(F)(F)F. The molecule has 0 fully saturated rings. The van der Waals surface area contributed by atoms with E-state index in [0.29, 0.717) is 0 Å². The summed E-state index contributed by atoms with van der Waals surface area (Å²) in [5, 5.41) is 2.56. The number of alkyl halides is 3. The first kappa shape index (κ1) is 8.06. The molecule has 2 N–H and O–H groups in total. The maximum absolute atomic E-state index is 11.1. The van der Waals surface area contributed by atoms with Crippen molar-refractivity contribution >= 4 is 6.34 Å². The van der Waals surface area contributed by atoms with Crippen LogP contribution in [-0.4, -0.2) is 19.1 Å². The van der Waals surface area contributed by atoms with E-state index in [1.807, 2.05) is 0 Å². The summed E-state index contributed by atoms with van der Waals surface area (Å²) in [6.45, 7) is -1.43. The van der Waals surface area contributed by atoms with Crippen LogP contribution in [0.1, 0.15) is 0 Å². The molecule has 0 saturated carbocycles. The van der Waals surface area contributed by atoms with Crippen LogP contribution in [0.25, 0.3) is 0 Å². The third-order valence-corrected chi connectivity index (χ3v) is 0.345. The van der Waals surface area contributed by atoms with Gasteiger partial charge in [-0.3, -0.25) is 0 Å². The first-order chi connectivity index (χ1) is 4.06.